The third-order valence-electron chi connectivity index (χ3n) is 2.01. The molecule has 0 saturated heterocycles. The Hall–Kier alpha value is -1.57. The van der Waals surface area contributed by atoms with Crippen molar-refractivity contribution < 1.29 is 8.98 Å². The van der Waals surface area contributed by atoms with Crippen molar-refractivity contribution in [1.82, 2.24) is 0 Å². The first-order valence-corrected chi connectivity index (χ1v) is 4.31. The summed E-state index contributed by atoms with van der Waals surface area (Å²) in [6.07, 6.45) is 5.30. The molecule has 0 aliphatic heterocycles. The van der Waals surface area contributed by atoms with Crippen molar-refractivity contribution in [3.63, 3.8) is 0 Å². The second kappa shape index (κ2) is 3.44. The Morgan fingerprint density at radius 2 is 2.00 bits per heavy atom. The molecule has 0 unspecified atom stereocenters. The quantitative estimate of drug-likeness (QED) is 0.636. The van der Waals surface area contributed by atoms with E-state index in [1.165, 1.54) is 11.1 Å². The van der Waals surface area contributed by atoms with Crippen LogP contribution < -0.4 is 4.57 Å². The van der Waals surface area contributed by atoms with Gasteiger partial charge < -0.3 is 4.42 Å². The molecule has 0 spiro atoms. The van der Waals surface area contributed by atoms with Gasteiger partial charge in [-0.05, 0) is 6.92 Å². The number of aryl methyl sites for hydroxylation is 1. The van der Waals surface area contributed by atoms with E-state index < -0.39 is 0 Å². The molecule has 0 bridgehead atoms. The molecule has 0 amide bonds. The van der Waals surface area contributed by atoms with Crippen LogP contribution in [0.3, 0.4) is 0 Å². The Balaban J connectivity index is 2.15. The molecule has 0 N–H and O–H groups in total. The van der Waals surface area contributed by atoms with Crippen molar-refractivity contribution in [2.75, 3.05) is 0 Å². The predicted molar refractivity (Wildman–Crippen MR) is 49.2 cm³/mol. The largest absolute Gasteiger partial charge is 0.412 e. The molecule has 1 heterocycles. The molecule has 0 atom stereocenters. The first-order valence-electron chi connectivity index (χ1n) is 4.31. The topological polar surface area (TPSA) is 17.0 Å². The van der Waals surface area contributed by atoms with Crippen LogP contribution in [0.25, 0.3) is 0 Å². The average Bonchev–Trinajstić information content (AvgIpc) is 2.62. The number of benzene rings is 1. The lowest BCUT2D eigenvalue weighted by Gasteiger charge is -1.95. The van der Waals surface area contributed by atoms with Crippen LogP contribution in [0.4, 0.5) is 0 Å². The van der Waals surface area contributed by atoms with Gasteiger partial charge in [0, 0.05) is 5.56 Å². The van der Waals surface area contributed by atoms with Crippen LogP contribution in [-0.2, 0) is 6.54 Å². The van der Waals surface area contributed by atoms with E-state index in [2.05, 4.69) is 31.2 Å². The summed E-state index contributed by atoms with van der Waals surface area (Å²) >= 11 is 0. The SMILES string of the molecule is Cc1ccc(C[n+]2ccoc2)cc1. The number of hydrogen-bond donors (Lipinski definition) is 0. The number of aromatic nitrogens is 1. The molecule has 1 aromatic carbocycles. The average molecular weight is 174 g/mol. The summed E-state index contributed by atoms with van der Waals surface area (Å²) in [5.41, 5.74) is 2.58. The molecule has 0 aliphatic rings. The highest BCUT2D eigenvalue weighted by Crippen LogP contribution is 2.02. The summed E-state index contributed by atoms with van der Waals surface area (Å²) in [5.74, 6) is 0. The number of nitrogens with zero attached hydrogens (tertiary/aromatic N) is 1. The molecule has 0 fully saturated rings. The van der Waals surface area contributed by atoms with Crippen molar-refractivity contribution in [2.24, 2.45) is 0 Å². The Labute approximate surface area is 77.4 Å². The maximum absolute atomic E-state index is 4.97. The van der Waals surface area contributed by atoms with Crippen LogP contribution >= 0.6 is 0 Å². The smallest absolute Gasteiger partial charge is 0.334 e. The van der Waals surface area contributed by atoms with E-state index in [-0.39, 0.29) is 0 Å². The van der Waals surface area contributed by atoms with Gasteiger partial charge in [0.15, 0.2) is 12.8 Å². The molecule has 0 saturated carbocycles. The molecule has 2 heteroatoms. The van der Waals surface area contributed by atoms with E-state index in [1.54, 1.807) is 12.7 Å². The maximum Gasteiger partial charge on any atom is 0.334 e. The summed E-state index contributed by atoms with van der Waals surface area (Å²) in [6.45, 7) is 2.96. The summed E-state index contributed by atoms with van der Waals surface area (Å²) in [6, 6.07) is 8.51. The minimum Gasteiger partial charge on any atom is -0.412 e. The van der Waals surface area contributed by atoms with Crippen molar-refractivity contribution in [3.05, 3.63) is 54.2 Å². The van der Waals surface area contributed by atoms with E-state index in [1.807, 2.05) is 10.8 Å². The fourth-order valence-corrected chi connectivity index (χ4v) is 1.26. The van der Waals surface area contributed by atoms with Crippen LogP contribution in [0.1, 0.15) is 11.1 Å². The van der Waals surface area contributed by atoms with E-state index in [9.17, 15) is 0 Å². The van der Waals surface area contributed by atoms with Gasteiger partial charge in [0.2, 0.25) is 6.20 Å². The molecule has 0 aliphatic carbocycles. The number of hydrogen-bond acceptors (Lipinski definition) is 1. The standard InChI is InChI=1S/C11H12NO/c1-10-2-4-11(5-3-10)8-12-6-7-13-9-12/h2-7,9H,8H2,1H3/q+1. The first-order chi connectivity index (χ1) is 6.34. The monoisotopic (exact) mass is 174 g/mol. The van der Waals surface area contributed by atoms with Gasteiger partial charge in [-0.1, -0.05) is 29.8 Å². The molecule has 1 aromatic heterocycles. The molecule has 2 nitrogen and oxygen atoms in total. The van der Waals surface area contributed by atoms with Gasteiger partial charge in [-0.2, -0.15) is 4.57 Å². The zero-order valence-electron chi connectivity index (χ0n) is 7.60. The third kappa shape index (κ3) is 1.96. The van der Waals surface area contributed by atoms with Crippen molar-refractivity contribution in [3.8, 4) is 0 Å². The van der Waals surface area contributed by atoms with Crippen molar-refractivity contribution >= 4 is 0 Å². The van der Waals surface area contributed by atoms with Crippen LogP contribution in [0, 0.1) is 6.92 Å². The maximum atomic E-state index is 4.97. The number of rotatable bonds is 2. The highest BCUT2D eigenvalue weighted by Gasteiger charge is 2.01. The Morgan fingerprint density at radius 3 is 2.62 bits per heavy atom. The lowest BCUT2D eigenvalue weighted by atomic mass is 10.1. The Kier molecular flexibility index (Phi) is 2.13. The van der Waals surface area contributed by atoms with Crippen molar-refractivity contribution in [2.45, 2.75) is 13.5 Å². The highest BCUT2D eigenvalue weighted by atomic mass is 16.3. The summed E-state index contributed by atoms with van der Waals surface area (Å²) in [4.78, 5) is 0. The fraction of sp³-hybridized carbons (Fsp3) is 0.182. The van der Waals surface area contributed by atoms with E-state index in [0.717, 1.165) is 6.54 Å². The van der Waals surface area contributed by atoms with Gasteiger partial charge in [-0.15, -0.1) is 0 Å². The van der Waals surface area contributed by atoms with Gasteiger partial charge in [0.1, 0.15) is 0 Å². The van der Waals surface area contributed by atoms with Gasteiger partial charge in [0.25, 0.3) is 0 Å². The summed E-state index contributed by atoms with van der Waals surface area (Å²) in [5, 5.41) is 0. The first kappa shape index (κ1) is 8.05. The molecular formula is C11H12NO+. The third-order valence-corrected chi connectivity index (χ3v) is 2.01. The molecule has 2 aromatic rings. The zero-order chi connectivity index (χ0) is 9.10. The normalized spacial score (nSPS) is 10.2. The minimum absolute atomic E-state index is 0.872. The van der Waals surface area contributed by atoms with Gasteiger partial charge >= 0.3 is 6.39 Å². The van der Waals surface area contributed by atoms with E-state index >= 15 is 0 Å². The molecule has 2 rings (SSSR count). The molecule has 66 valence electrons. The van der Waals surface area contributed by atoms with Crippen LogP contribution in [0.5, 0.6) is 0 Å². The van der Waals surface area contributed by atoms with E-state index in [4.69, 9.17) is 4.42 Å². The van der Waals surface area contributed by atoms with Crippen molar-refractivity contribution in [1.29, 1.82) is 0 Å². The minimum atomic E-state index is 0.872. The molecular weight excluding hydrogens is 162 g/mol. The Bertz CT molecular complexity index is 361. The lowest BCUT2D eigenvalue weighted by Crippen LogP contribution is -2.30. The lowest BCUT2D eigenvalue weighted by molar-refractivity contribution is -0.691. The second-order valence-corrected chi connectivity index (χ2v) is 3.18. The zero-order valence-corrected chi connectivity index (χ0v) is 7.60. The van der Waals surface area contributed by atoms with Gasteiger partial charge in [-0.3, -0.25) is 0 Å². The highest BCUT2D eigenvalue weighted by molar-refractivity contribution is 5.20. The predicted octanol–water partition coefficient (Wildman–Crippen LogP) is 1.92. The van der Waals surface area contributed by atoms with Crippen LogP contribution in [-0.4, -0.2) is 0 Å². The summed E-state index contributed by atoms with van der Waals surface area (Å²) in [7, 11) is 0. The van der Waals surface area contributed by atoms with Crippen LogP contribution in [0.2, 0.25) is 0 Å². The van der Waals surface area contributed by atoms with E-state index in [0.29, 0.717) is 0 Å². The summed E-state index contributed by atoms with van der Waals surface area (Å²) < 4.78 is 6.98. The van der Waals surface area contributed by atoms with Gasteiger partial charge in [0.05, 0.1) is 0 Å². The molecule has 13 heavy (non-hydrogen) atoms. The van der Waals surface area contributed by atoms with Crippen LogP contribution in [0.15, 0.2) is 47.5 Å². The Morgan fingerprint density at radius 1 is 1.23 bits per heavy atom. The van der Waals surface area contributed by atoms with Gasteiger partial charge in [-0.25, -0.2) is 0 Å². The second-order valence-electron chi connectivity index (χ2n) is 3.18. The molecule has 0 radical (unpaired) electrons. The number of oxazole rings is 1. The fourth-order valence-electron chi connectivity index (χ4n) is 1.26.